The van der Waals surface area contributed by atoms with E-state index in [9.17, 15) is 0 Å². The zero-order chi connectivity index (χ0) is 52.9. The van der Waals surface area contributed by atoms with Gasteiger partial charge < -0.3 is 0 Å². The summed E-state index contributed by atoms with van der Waals surface area (Å²) >= 11 is 0. The number of hydrogen-bond donors (Lipinski definition) is 0. The van der Waals surface area contributed by atoms with Gasteiger partial charge in [0.1, 0.15) is 0 Å². The Balaban J connectivity index is 0.883. The molecule has 0 atom stereocenters. The molecule has 80 heavy (non-hydrogen) atoms. The van der Waals surface area contributed by atoms with E-state index in [2.05, 4.69) is 279 Å². The first-order chi connectivity index (χ1) is 39.6. The van der Waals surface area contributed by atoms with Gasteiger partial charge in [-0.3, -0.25) is 4.98 Å². The van der Waals surface area contributed by atoms with Gasteiger partial charge >= 0.3 is 0 Å². The van der Waals surface area contributed by atoms with Crippen molar-refractivity contribution in [2.75, 3.05) is 0 Å². The summed E-state index contributed by atoms with van der Waals surface area (Å²) in [6, 6.07) is 99.9. The molecule has 0 bridgehead atoms. The van der Waals surface area contributed by atoms with Crippen molar-refractivity contribution in [3.63, 3.8) is 0 Å². The van der Waals surface area contributed by atoms with Crippen LogP contribution in [0.15, 0.2) is 291 Å². The monoisotopic (exact) mass is 1020 g/mol. The van der Waals surface area contributed by atoms with Crippen LogP contribution in [0.3, 0.4) is 0 Å². The van der Waals surface area contributed by atoms with Crippen LogP contribution in [0, 0.1) is 0 Å². The average molecular weight is 1020 g/mol. The molecule has 0 saturated carbocycles. The topological polar surface area (TPSA) is 51.6 Å². The summed E-state index contributed by atoms with van der Waals surface area (Å²) < 4.78 is 0. The summed E-state index contributed by atoms with van der Waals surface area (Å²) in [7, 11) is 0. The van der Waals surface area contributed by atoms with Crippen LogP contribution in [0.4, 0.5) is 0 Å². The summed E-state index contributed by atoms with van der Waals surface area (Å²) in [5, 5.41) is 12.0. The summed E-state index contributed by atoms with van der Waals surface area (Å²) in [5.41, 5.74) is 16.1. The molecule has 13 aromatic carbocycles. The van der Waals surface area contributed by atoms with Crippen molar-refractivity contribution in [3.8, 4) is 101 Å². The Kier molecular flexibility index (Phi) is 11.5. The van der Waals surface area contributed by atoms with Crippen LogP contribution in [0.5, 0.6) is 0 Å². The van der Waals surface area contributed by atoms with E-state index in [-0.39, 0.29) is 0 Å². The van der Waals surface area contributed by atoms with E-state index in [0.717, 1.165) is 93.9 Å². The second kappa shape index (κ2) is 19.7. The summed E-state index contributed by atoms with van der Waals surface area (Å²) in [5.74, 6) is 1.76. The van der Waals surface area contributed by atoms with E-state index >= 15 is 0 Å². The fourth-order valence-corrected chi connectivity index (χ4v) is 11.8. The van der Waals surface area contributed by atoms with E-state index in [0.29, 0.717) is 17.5 Å². The lowest BCUT2D eigenvalue weighted by atomic mass is 9.92. The molecule has 0 spiro atoms. The molecule has 0 aliphatic carbocycles. The first-order valence-electron chi connectivity index (χ1n) is 27.2. The van der Waals surface area contributed by atoms with Gasteiger partial charge in [0, 0.05) is 40.2 Å². The lowest BCUT2D eigenvalue weighted by Crippen LogP contribution is -2.00. The molecular weight excluding hydrogens is 969 g/mol. The van der Waals surface area contributed by atoms with Crippen molar-refractivity contribution >= 4 is 53.9 Å². The molecular formula is C76H48N4. The quantitative estimate of drug-likeness (QED) is 0.135. The third kappa shape index (κ3) is 8.53. The number of benzene rings is 13. The number of pyridine rings is 1. The molecule has 0 fully saturated rings. The molecule has 0 radical (unpaired) electrons. The zero-order valence-corrected chi connectivity index (χ0v) is 43.5. The van der Waals surface area contributed by atoms with Gasteiger partial charge in [-0.05, 0) is 164 Å². The van der Waals surface area contributed by atoms with Crippen LogP contribution in [0.25, 0.3) is 155 Å². The smallest absolute Gasteiger partial charge is 0.164 e. The van der Waals surface area contributed by atoms with Crippen LogP contribution in [0.2, 0.25) is 0 Å². The molecule has 4 nitrogen and oxygen atoms in total. The summed E-state index contributed by atoms with van der Waals surface area (Å²) in [4.78, 5) is 21.0. The first-order valence-corrected chi connectivity index (χ1v) is 27.2. The third-order valence-electron chi connectivity index (χ3n) is 15.7. The molecule has 0 amide bonds. The fraction of sp³-hybridized carbons (Fsp3) is 0. The van der Waals surface area contributed by atoms with E-state index in [4.69, 9.17) is 19.9 Å². The van der Waals surface area contributed by atoms with Crippen molar-refractivity contribution in [3.05, 3.63) is 291 Å². The second-order valence-electron chi connectivity index (χ2n) is 20.6. The SMILES string of the molecule is c1ccc(-c2cc(-c3ccccc3)c3ccc(-c4nc(-c5cccc(-c6cncc(-c7ccc8c9ccccc9c9ccccc9c8c7)c6)c5)nc(-c5ccc6c(-c7ccccc7)cc(-c7ccccc7)cc6c5)n4)cc3c2)cc1. The van der Waals surface area contributed by atoms with Crippen molar-refractivity contribution in [2.24, 2.45) is 0 Å². The minimum absolute atomic E-state index is 0.579. The van der Waals surface area contributed by atoms with Crippen LogP contribution in [-0.2, 0) is 0 Å². The highest BCUT2D eigenvalue weighted by molar-refractivity contribution is 6.25. The summed E-state index contributed by atoms with van der Waals surface area (Å²) in [6.07, 6.45) is 3.91. The molecule has 0 aliphatic rings. The predicted octanol–water partition coefficient (Wildman–Crippen LogP) is 20.0. The van der Waals surface area contributed by atoms with Crippen LogP contribution < -0.4 is 0 Å². The maximum atomic E-state index is 5.39. The van der Waals surface area contributed by atoms with Gasteiger partial charge in [0.15, 0.2) is 17.5 Å². The maximum Gasteiger partial charge on any atom is 0.164 e. The van der Waals surface area contributed by atoms with Crippen molar-refractivity contribution in [2.45, 2.75) is 0 Å². The highest BCUT2D eigenvalue weighted by Crippen LogP contribution is 2.41. The Labute approximate surface area is 463 Å². The molecule has 0 unspecified atom stereocenters. The van der Waals surface area contributed by atoms with E-state index in [1.54, 1.807) is 0 Å². The van der Waals surface area contributed by atoms with E-state index in [1.807, 2.05) is 12.4 Å². The van der Waals surface area contributed by atoms with Gasteiger partial charge in [0.2, 0.25) is 0 Å². The molecule has 15 aromatic rings. The third-order valence-corrected chi connectivity index (χ3v) is 15.7. The van der Waals surface area contributed by atoms with Gasteiger partial charge in [-0.2, -0.15) is 0 Å². The van der Waals surface area contributed by atoms with Crippen LogP contribution in [-0.4, -0.2) is 19.9 Å². The Bertz CT molecular complexity index is 4640. The highest BCUT2D eigenvalue weighted by atomic mass is 15.0. The van der Waals surface area contributed by atoms with Gasteiger partial charge in [-0.1, -0.05) is 224 Å². The lowest BCUT2D eigenvalue weighted by molar-refractivity contribution is 1.08. The largest absolute Gasteiger partial charge is 0.263 e. The number of hydrogen-bond acceptors (Lipinski definition) is 4. The molecule has 0 aliphatic heterocycles. The minimum Gasteiger partial charge on any atom is -0.263 e. The van der Waals surface area contributed by atoms with Gasteiger partial charge in [-0.15, -0.1) is 0 Å². The molecule has 0 saturated heterocycles. The minimum atomic E-state index is 0.579. The van der Waals surface area contributed by atoms with Gasteiger partial charge in [0.25, 0.3) is 0 Å². The van der Waals surface area contributed by atoms with E-state index in [1.165, 1.54) is 43.4 Å². The molecule has 4 heteroatoms. The average Bonchev–Trinajstić information content (AvgIpc) is 3.68. The van der Waals surface area contributed by atoms with Crippen molar-refractivity contribution in [1.29, 1.82) is 0 Å². The Hall–Kier alpha value is -10.7. The zero-order valence-electron chi connectivity index (χ0n) is 43.5. The fourth-order valence-electron chi connectivity index (χ4n) is 11.8. The number of fused-ring (bicyclic) bond motifs is 8. The predicted molar refractivity (Wildman–Crippen MR) is 334 cm³/mol. The Morgan fingerprint density at radius 2 is 0.500 bits per heavy atom. The molecule has 15 rings (SSSR count). The maximum absolute atomic E-state index is 5.39. The second-order valence-corrected chi connectivity index (χ2v) is 20.6. The number of rotatable bonds is 9. The van der Waals surface area contributed by atoms with E-state index < -0.39 is 0 Å². The lowest BCUT2D eigenvalue weighted by Gasteiger charge is -2.14. The number of aromatic nitrogens is 4. The number of nitrogens with zero attached hydrogens (tertiary/aromatic N) is 4. The van der Waals surface area contributed by atoms with Crippen molar-refractivity contribution < 1.29 is 0 Å². The molecule has 2 aromatic heterocycles. The summed E-state index contributed by atoms with van der Waals surface area (Å²) in [6.45, 7) is 0. The van der Waals surface area contributed by atoms with Crippen LogP contribution in [0.1, 0.15) is 0 Å². The highest BCUT2D eigenvalue weighted by Gasteiger charge is 2.18. The Morgan fingerprint density at radius 3 is 0.975 bits per heavy atom. The van der Waals surface area contributed by atoms with Gasteiger partial charge in [-0.25, -0.2) is 15.0 Å². The molecule has 2 heterocycles. The normalized spacial score (nSPS) is 11.5. The van der Waals surface area contributed by atoms with Crippen molar-refractivity contribution in [1.82, 2.24) is 19.9 Å². The standard InChI is InChI=1S/C76H48N4/c1-5-18-49(19-6-1)58-41-60-39-56(33-35-64(60)71(45-58)51-22-9-3-10-23-51)75-78-74(79-76(80-75)57-34-36-65-61(40-57)42-59(50-20-7-2-8-21-50)46-72(65)52-24-11-4-12-25-52)55-27-17-26-53(38-55)62-43-63(48-77-47-62)54-32-37-70-68-30-14-13-28-66(68)67-29-15-16-31-69(67)73(70)44-54/h1-48H. The first kappa shape index (κ1) is 46.6. The Morgan fingerprint density at radius 1 is 0.175 bits per heavy atom. The van der Waals surface area contributed by atoms with Crippen LogP contribution >= 0.6 is 0 Å². The molecule has 372 valence electrons. The molecule has 0 N–H and O–H groups in total. The van der Waals surface area contributed by atoms with Gasteiger partial charge in [0.05, 0.1) is 0 Å².